The molecule has 206 valence electrons. The van der Waals surface area contributed by atoms with Gasteiger partial charge in [0.25, 0.3) is 0 Å². The average Bonchev–Trinajstić information content (AvgIpc) is 3.39. The van der Waals surface area contributed by atoms with Crippen LogP contribution < -0.4 is 20.3 Å². The highest BCUT2D eigenvalue weighted by molar-refractivity contribution is 5.61. The molecule has 0 spiro atoms. The van der Waals surface area contributed by atoms with Gasteiger partial charge in [-0.2, -0.15) is 9.61 Å². The number of pyridine rings is 1. The van der Waals surface area contributed by atoms with Gasteiger partial charge in [0.2, 0.25) is 5.88 Å². The van der Waals surface area contributed by atoms with Crippen LogP contribution in [0.4, 0.5) is 11.6 Å². The van der Waals surface area contributed by atoms with Crippen LogP contribution >= 0.6 is 0 Å². The lowest BCUT2D eigenvalue weighted by molar-refractivity contribution is 0.211. The highest BCUT2D eigenvalue weighted by Gasteiger charge is 2.25. The first-order chi connectivity index (χ1) is 18.7. The van der Waals surface area contributed by atoms with E-state index in [1.165, 1.54) is 6.42 Å². The summed E-state index contributed by atoms with van der Waals surface area (Å²) in [6.45, 7) is 10.0. The van der Waals surface area contributed by atoms with E-state index >= 15 is 0 Å². The molecule has 10 heteroatoms. The molecule has 0 saturated carbocycles. The van der Waals surface area contributed by atoms with Gasteiger partial charge in [-0.15, -0.1) is 0 Å². The monoisotopic (exact) mass is 522 g/mol. The van der Waals surface area contributed by atoms with Crippen molar-refractivity contribution in [2.24, 2.45) is 0 Å². The van der Waals surface area contributed by atoms with Crippen molar-refractivity contribution in [3.05, 3.63) is 41.7 Å². The molecule has 3 aromatic heterocycles. The fourth-order valence-corrected chi connectivity index (χ4v) is 5.46. The van der Waals surface area contributed by atoms with E-state index in [2.05, 4.69) is 49.6 Å². The highest BCUT2D eigenvalue weighted by Crippen LogP contribution is 2.29. The number of fused-ring (bicyclic) bond motifs is 1. The first-order valence-electron chi connectivity index (χ1n) is 14.2. The molecule has 0 unspecified atom stereocenters. The van der Waals surface area contributed by atoms with E-state index in [-0.39, 0.29) is 6.61 Å². The Kier molecular flexibility index (Phi) is 9.27. The van der Waals surface area contributed by atoms with Crippen molar-refractivity contribution in [1.29, 1.82) is 0 Å². The molecule has 2 saturated heterocycles. The maximum Gasteiger partial charge on any atom is 0.213 e. The number of aromatic nitrogens is 4. The first-order valence-corrected chi connectivity index (χ1v) is 14.2. The molecule has 0 radical (unpaired) electrons. The summed E-state index contributed by atoms with van der Waals surface area (Å²) in [7, 11) is 0. The Labute approximate surface area is 225 Å². The second-order valence-corrected chi connectivity index (χ2v) is 10.3. The Morgan fingerprint density at radius 3 is 2.84 bits per heavy atom. The van der Waals surface area contributed by atoms with Gasteiger partial charge in [-0.3, -0.25) is 0 Å². The number of piperazine rings is 1. The molecular weight excluding hydrogens is 480 g/mol. The molecule has 0 bridgehead atoms. The molecule has 1 atom stereocenters. The third-order valence-electron chi connectivity index (χ3n) is 7.65. The summed E-state index contributed by atoms with van der Waals surface area (Å²) in [6, 6.07) is 6.43. The molecule has 0 aliphatic carbocycles. The number of nitrogens with one attached hydrogen (secondary N) is 2. The molecular formula is C28H42N8O2. The summed E-state index contributed by atoms with van der Waals surface area (Å²) >= 11 is 0. The first kappa shape index (κ1) is 26.6. The lowest BCUT2D eigenvalue weighted by atomic mass is 9.99. The van der Waals surface area contributed by atoms with Crippen LogP contribution in [-0.2, 0) is 13.0 Å². The summed E-state index contributed by atoms with van der Waals surface area (Å²) in [5.41, 5.74) is 3.10. The molecule has 5 heterocycles. The minimum atomic E-state index is 0.199. The van der Waals surface area contributed by atoms with Gasteiger partial charge in [-0.25, -0.2) is 9.97 Å². The van der Waals surface area contributed by atoms with Gasteiger partial charge in [0.15, 0.2) is 5.65 Å². The molecule has 0 aromatic carbocycles. The van der Waals surface area contributed by atoms with Crippen LogP contribution in [0.15, 0.2) is 30.6 Å². The number of piperidine rings is 1. The van der Waals surface area contributed by atoms with E-state index in [4.69, 9.17) is 9.72 Å². The highest BCUT2D eigenvalue weighted by atomic mass is 16.5. The number of aliphatic hydroxyl groups excluding tert-OH is 1. The minimum absolute atomic E-state index is 0.199. The lowest BCUT2D eigenvalue weighted by Crippen LogP contribution is -2.43. The van der Waals surface area contributed by atoms with Crippen molar-refractivity contribution in [2.75, 3.05) is 62.7 Å². The molecule has 2 aliphatic rings. The predicted octanol–water partition coefficient (Wildman–Crippen LogP) is 2.71. The average molecular weight is 523 g/mol. The van der Waals surface area contributed by atoms with Crippen molar-refractivity contribution >= 4 is 17.3 Å². The third-order valence-corrected chi connectivity index (χ3v) is 7.65. The normalized spacial score (nSPS) is 18.7. The maximum absolute atomic E-state index is 9.61. The van der Waals surface area contributed by atoms with Crippen molar-refractivity contribution in [3.8, 4) is 5.88 Å². The number of ether oxygens (including phenoxy) is 1. The largest absolute Gasteiger partial charge is 0.478 e. The van der Waals surface area contributed by atoms with Crippen molar-refractivity contribution in [1.82, 2.24) is 29.8 Å². The van der Waals surface area contributed by atoms with E-state index in [0.717, 1.165) is 99.8 Å². The number of aliphatic hydroxyl groups is 1. The Balaban J connectivity index is 1.22. The quantitative estimate of drug-likeness (QED) is 0.310. The Morgan fingerprint density at radius 2 is 2.05 bits per heavy atom. The van der Waals surface area contributed by atoms with Gasteiger partial charge in [-0.1, -0.05) is 13.0 Å². The van der Waals surface area contributed by atoms with Crippen LogP contribution in [0.5, 0.6) is 5.88 Å². The number of anilines is 2. The van der Waals surface area contributed by atoms with E-state index in [9.17, 15) is 5.11 Å². The summed E-state index contributed by atoms with van der Waals surface area (Å²) in [5.74, 6) is 2.53. The molecule has 38 heavy (non-hydrogen) atoms. The fraction of sp³-hybridized carbons (Fsp3) is 0.607. The van der Waals surface area contributed by atoms with E-state index < -0.39 is 0 Å². The lowest BCUT2D eigenvalue weighted by Gasteiger charge is -2.36. The van der Waals surface area contributed by atoms with Crippen LogP contribution in [0.25, 0.3) is 5.65 Å². The second-order valence-electron chi connectivity index (χ2n) is 10.3. The van der Waals surface area contributed by atoms with Gasteiger partial charge in [-0.05, 0) is 44.1 Å². The zero-order chi connectivity index (χ0) is 26.2. The zero-order valence-corrected chi connectivity index (χ0v) is 22.6. The molecule has 2 fully saturated rings. The summed E-state index contributed by atoms with van der Waals surface area (Å²) < 4.78 is 7.78. The number of rotatable bonds is 12. The molecule has 3 N–H and O–H groups in total. The van der Waals surface area contributed by atoms with Gasteiger partial charge in [0, 0.05) is 82.4 Å². The molecule has 5 rings (SSSR count). The SMILES string of the molecule is CCc1cnn2c(NCc3ccc(OCCCN4CCNCC4)nc3)cc(N3CCCC[C@H]3CCO)nc12. The molecule has 10 nitrogen and oxygen atoms in total. The maximum atomic E-state index is 9.61. The Morgan fingerprint density at radius 1 is 1.16 bits per heavy atom. The van der Waals surface area contributed by atoms with Crippen LogP contribution in [-0.4, -0.2) is 88.1 Å². The standard InChI is InChI=1S/C28H42N8O2/c1-2-23-21-32-36-25(18-26(33-28(23)36)35-13-4-3-6-24(35)9-16-37)30-19-22-7-8-27(31-20-22)38-17-5-12-34-14-10-29-11-15-34/h7-8,18,20-21,24,29-30,37H,2-6,9-17,19H2,1H3/t24-/m0/s1. The number of hydrogen-bond donors (Lipinski definition) is 3. The van der Waals surface area contributed by atoms with Crippen LogP contribution in [0.1, 0.15) is 50.2 Å². The van der Waals surface area contributed by atoms with Gasteiger partial charge >= 0.3 is 0 Å². The minimum Gasteiger partial charge on any atom is -0.478 e. The zero-order valence-electron chi connectivity index (χ0n) is 22.6. The molecule has 0 amide bonds. The smallest absolute Gasteiger partial charge is 0.213 e. The van der Waals surface area contributed by atoms with Gasteiger partial charge in [0.05, 0.1) is 12.8 Å². The van der Waals surface area contributed by atoms with Crippen molar-refractivity contribution in [3.63, 3.8) is 0 Å². The van der Waals surface area contributed by atoms with E-state index in [0.29, 0.717) is 25.1 Å². The Bertz CT molecular complexity index is 1140. The van der Waals surface area contributed by atoms with Crippen LogP contribution in [0.3, 0.4) is 0 Å². The molecule has 2 aliphatic heterocycles. The second kappa shape index (κ2) is 13.2. The van der Waals surface area contributed by atoms with Gasteiger partial charge in [0.1, 0.15) is 11.6 Å². The Hall–Kier alpha value is -2.95. The predicted molar refractivity (Wildman–Crippen MR) is 150 cm³/mol. The van der Waals surface area contributed by atoms with Gasteiger partial charge < -0.3 is 30.3 Å². The number of nitrogens with zero attached hydrogens (tertiary/aromatic N) is 6. The van der Waals surface area contributed by atoms with E-state index in [1.807, 2.05) is 23.0 Å². The fourth-order valence-electron chi connectivity index (χ4n) is 5.46. The van der Waals surface area contributed by atoms with E-state index in [1.54, 1.807) is 0 Å². The number of hydrogen-bond acceptors (Lipinski definition) is 9. The van der Waals surface area contributed by atoms with Crippen LogP contribution in [0, 0.1) is 0 Å². The van der Waals surface area contributed by atoms with Crippen molar-refractivity contribution < 1.29 is 9.84 Å². The molecule has 3 aromatic rings. The summed E-state index contributed by atoms with van der Waals surface area (Å²) in [4.78, 5) is 14.4. The topological polar surface area (TPSA) is 103 Å². The van der Waals surface area contributed by atoms with Crippen molar-refractivity contribution in [2.45, 2.75) is 58.0 Å². The number of aryl methyl sites for hydroxylation is 1. The third kappa shape index (κ3) is 6.54. The summed E-state index contributed by atoms with van der Waals surface area (Å²) in [6.07, 6.45) is 9.87. The summed E-state index contributed by atoms with van der Waals surface area (Å²) in [5, 5.41) is 21.2. The van der Waals surface area contributed by atoms with Crippen LogP contribution in [0.2, 0.25) is 0 Å².